The molecule has 1 atom stereocenters. The highest BCUT2D eigenvalue weighted by atomic mass is 35.5. The smallest absolute Gasteiger partial charge is 0.376 e. The largest absolute Gasteiger partial charge is 0.417 e. The highest BCUT2D eigenvalue weighted by molar-refractivity contribution is 6.31. The topological polar surface area (TPSA) is 59.1 Å². The van der Waals surface area contributed by atoms with Gasteiger partial charge in [0.25, 0.3) is 0 Å². The van der Waals surface area contributed by atoms with E-state index in [4.69, 9.17) is 16.3 Å². The Morgan fingerprint density at radius 1 is 1.23 bits per heavy atom. The summed E-state index contributed by atoms with van der Waals surface area (Å²) in [5, 5.41) is 5.71. The van der Waals surface area contributed by atoms with Crippen LogP contribution in [-0.2, 0) is 10.9 Å². The molecule has 5 nitrogen and oxygen atoms in total. The second kappa shape index (κ2) is 7.67. The van der Waals surface area contributed by atoms with Gasteiger partial charge in [-0.1, -0.05) is 11.6 Å². The van der Waals surface area contributed by atoms with Crippen molar-refractivity contribution >= 4 is 28.9 Å². The number of aryl methyl sites for hydroxylation is 1. The Morgan fingerprint density at radius 3 is 2.69 bits per heavy atom. The van der Waals surface area contributed by atoms with Crippen LogP contribution in [-0.4, -0.2) is 29.2 Å². The minimum atomic E-state index is -4.52. The zero-order valence-electron chi connectivity index (χ0n) is 14.0. The molecule has 2 N–H and O–H groups in total. The third-order valence-electron chi connectivity index (χ3n) is 3.92. The predicted molar refractivity (Wildman–Crippen MR) is 94.0 cm³/mol. The van der Waals surface area contributed by atoms with Gasteiger partial charge in [0.2, 0.25) is 0 Å². The van der Waals surface area contributed by atoms with Crippen molar-refractivity contribution < 1.29 is 17.9 Å². The molecule has 0 aliphatic carbocycles. The molecule has 26 heavy (non-hydrogen) atoms. The number of hydrogen-bond donors (Lipinski definition) is 2. The number of aromatic nitrogens is 2. The molecule has 3 rings (SSSR count). The van der Waals surface area contributed by atoms with Gasteiger partial charge < -0.3 is 15.4 Å². The van der Waals surface area contributed by atoms with Gasteiger partial charge in [-0.15, -0.1) is 0 Å². The van der Waals surface area contributed by atoms with E-state index in [2.05, 4.69) is 20.6 Å². The van der Waals surface area contributed by atoms with Crippen LogP contribution in [0.3, 0.4) is 0 Å². The SMILES string of the molecule is Cc1nc(NCC2CCCO2)cc(Nc2ccc(Cl)c(C(F)(F)F)c2)n1. The normalized spacial score (nSPS) is 17.3. The lowest BCUT2D eigenvalue weighted by atomic mass is 10.2. The van der Waals surface area contributed by atoms with Crippen molar-refractivity contribution in [2.75, 3.05) is 23.8 Å². The molecule has 2 aromatic rings. The van der Waals surface area contributed by atoms with Crippen LogP contribution in [0.1, 0.15) is 24.2 Å². The van der Waals surface area contributed by atoms with Crippen LogP contribution in [0, 0.1) is 6.92 Å². The Labute approximate surface area is 153 Å². The van der Waals surface area contributed by atoms with E-state index in [0.29, 0.717) is 24.0 Å². The maximum absolute atomic E-state index is 13.0. The van der Waals surface area contributed by atoms with Crippen LogP contribution in [0.2, 0.25) is 5.02 Å². The van der Waals surface area contributed by atoms with Crippen LogP contribution >= 0.6 is 11.6 Å². The number of alkyl halides is 3. The molecule has 140 valence electrons. The average Bonchev–Trinajstić information content (AvgIpc) is 3.07. The number of halogens is 4. The highest BCUT2D eigenvalue weighted by Gasteiger charge is 2.33. The van der Waals surface area contributed by atoms with Gasteiger partial charge in [0, 0.05) is 24.9 Å². The fourth-order valence-electron chi connectivity index (χ4n) is 2.71. The summed E-state index contributed by atoms with van der Waals surface area (Å²) < 4.78 is 44.5. The lowest BCUT2D eigenvalue weighted by Crippen LogP contribution is -2.19. The molecule has 0 spiro atoms. The first-order chi connectivity index (χ1) is 12.3. The van der Waals surface area contributed by atoms with Crippen molar-refractivity contribution in [2.24, 2.45) is 0 Å². The summed E-state index contributed by atoms with van der Waals surface area (Å²) in [5.74, 6) is 1.47. The summed E-state index contributed by atoms with van der Waals surface area (Å²) in [6, 6.07) is 5.27. The van der Waals surface area contributed by atoms with Crippen molar-refractivity contribution in [3.63, 3.8) is 0 Å². The third-order valence-corrected chi connectivity index (χ3v) is 4.25. The van der Waals surface area contributed by atoms with E-state index < -0.39 is 11.7 Å². The molecule has 1 aromatic carbocycles. The number of anilines is 3. The van der Waals surface area contributed by atoms with Crippen LogP contribution in [0.5, 0.6) is 0 Å². The number of rotatable bonds is 5. The van der Waals surface area contributed by atoms with Gasteiger partial charge in [-0.25, -0.2) is 9.97 Å². The summed E-state index contributed by atoms with van der Waals surface area (Å²) in [7, 11) is 0. The number of ether oxygens (including phenoxy) is 1. The molecule has 2 heterocycles. The van der Waals surface area contributed by atoms with E-state index in [9.17, 15) is 13.2 Å². The summed E-state index contributed by atoms with van der Waals surface area (Å²) >= 11 is 5.64. The van der Waals surface area contributed by atoms with Crippen LogP contribution < -0.4 is 10.6 Å². The van der Waals surface area contributed by atoms with E-state index in [-0.39, 0.29) is 16.8 Å². The van der Waals surface area contributed by atoms with Crippen LogP contribution in [0.25, 0.3) is 0 Å². The zero-order valence-corrected chi connectivity index (χ0v) is 14.8. The Kier molecular flexibility index (Phi) is 5.52. The van der Waals surface area contributed by atoms with E-state index in [1.807, 2.05) is 0 Å². The maximum atomic E-state index is 13.0. The molecular weight excluding hydrogens is 369 g/mol. The van der Waals surface area contributed by atoms with Crippen molar-refractivity contribution in [1.29, 1.82) is 0 Å². The lowest BCUT2D eigenvalue weighted by molar-refractivity contribution is -0.137. The molecule has 1 aliphatic heterocycles. The Hall–Kier alpha value is -2.06. The standard InChI is InChI=1S/C17H18ClF3N4O/c1-10-23-15(22-9-12-3-2-6-26-12)8-16(24-10)25-11-4-5-14(18)13(7-11)17(19,20)21/h4-5,7-8,12H,2-3,6,9H2,1H3,(H2,22,23,24,25). The van der Waals surface area contributed by atoms with E-state index in [1.165, 1.54) is 12.1 Å². The van der Waals surface area contributed by atoms with Crippen molar-refractivity contribution in [3.8, 4) is 0 Å². The number of hydrogen-bond acceptors (Lipinski definition) is 5. The third kappa shape index (κ3) is 4.76. The first-order valence-corrected chi connectivity index (χ1v) is 8.54. The van der Waals surface area contributed by atoms with Crippen molar-refractivity contribution in [1.82, 2.24) is 9.97 Å². The molecule has 0 amide bonds. The Balaban J connectivity index is 1.75. The van der Waals surface area contributed by atoms with Crippen LogP contribution in [0.4, 0.5) is 30.5 Å². The molecule has 0 bridgehead atoms. The summed E-state index contributed by atoms with van der Waals surface area (Å²) in [6.07, 6.45) is -2.34. The van der Waals surface area contributed by atoms with Gasteiger partial charge in [-0.05, 0) is 38.0 Å². The van der Waals surface area contributed by atoms with Gasteiger partial charge in [0.15, 0.2) is 0 Å². The maximum Gasteiger partial charge on any atom is 0.417 e. The number of benzene rings is 1. The first kappa shape index (κ1) is 18.7. The predicted octanol–water partition coefficient (Wildman–Crippen LogP) is 4.79. The molecule has 1 aliphatic rings. The molecule has 1 aromatic heterocycles. The molecule has 1 saturated heterocycles. The van der Waals surface area contributed by atoms with Gasteiger partial charge in [-0.3, -0.25) is 0 Å². The monoisotopic (exact) mass is 386 g/mol. The molecule has 1 fully saturated rings. The highest BCUT2D eigenvalue weighted by Crippen LogP contribution is 2.36. The quantitative estimate of drug-likeness (QED) is 0.773. The second-order valence-corrected chi connectivity index (χ2v) is 6.43. The Bertz CT molecular complexity index is 779. The van der Waals surface area contributed by atoms with E-state index in [1.54, 1.807) is 13.0 Å². The summed E-state index contributed by atoms with van der Waals surface area (Å²) in [5.41, 5.74) is -0.656. The fourth-order valence-corrected chi connectivity index (χ4v) is 2.94. The van der Waals surface area contributed by atoms with Crippen molar-refractivity contribution in [3.05, 3.63) is 40.7 Å². The van der Waals surface area contributed by atoms with Gasteiger partial charge in [0.05, 0.1) is 16.7 Å². The average molecular weight is 387 g/mol. The van der Waals surface area contributed by atoms with E-state index in [0.717, 1.165) is 25.5 Å². The number of nitrogens with zero attached hydrogens (tertiary/aromatic N) is 2. The minimum Gasteiger partial charge on any atom is -0.376 e. The van der Waals surface area contributed by atoms with Crippen molar-refractivity contribution in [2.45, 2.75) is 32.0 Å². The van der Waals surface area contributed by atoms with E-state index >= 15 is 0 Å². The van der Waals surface area contributed by atoms with Gasteiger partial charge in [-0.2, -0.15) is 13.2 Å². The molecule has 0 radical (unpaired) electrons. The zero-order chi connectivity index (χ0) is 18.7. The molecule has 1 unspecified atom stereocenters. The fraction of sp³-hybridized carbons (Fsp3) is 0.412. The lowest BCUT2D eigenvalue weighted by Gasteiger charge is -2.14. The molecule has 0 saturated carbocycles. The molecular formula is C17H18ClF3N4O. The molecule has 9 heteroatoms. The first-order valence-electron chi connectivity index (χ1n) is 8.16. The van der Waals surface area contributed by atoms with Gasteiger partial charge in [0.1, 0.15) is 17.5 Å². The summed E-state index contributed by atoms with van der Waals surface area (Å²) in [4.78, 5) is 8.50. The number of nitrogens with one attached hydrogen (secondary N) is 2. The Morgan fingerprint density at radius 2 is 2.00 bits per heavy atom. The summed E-state index contributed by atoms with van der Waals surface area (Å²) in [6.45, 7) is 3.10. The second-order valence-electron chi connectivity index (χ2n) is 6.02. The van der Waals surface area contributed by atoms with Gasteiger partial charge >= 0.3 is 6.18 Å². The minimum absolute atomic E-state index is 0.146. The van der Waals surface area contributed by atoms with Crippen LogP contribution in [0.15, 0.2) is 24.3 Å².